The van der Waals surface area contributed by atoms with Crippen molar-refractivity contribution < 1.29 is 14.3 Å². The zero-order valence-corrected chi connectivity index (χ0v) is 13.7. The Hall–Kier alpha value is -1.88. The van der Waals surface area contributed by atoms with Crippen LogP contribution in [-0.4, -0.2) is 39.2 Å². The summed E-state index contributed by atoms with van der Waals surface area (Å²) in [6.45, 7) is 1.47. The molecule has 2 atom stereocenters. The van der Waals surface area contributed by atoms with Crippen molar-refractivity contribution in [2.45, 2.75) is 44.2 Å². The molecule has 1 aromatic carbocycles. The summed E-state index contributed by atoms with van der Waals surface area (Å²) >= 11 is 0. The van der Waals surface area contributed by atoms with Gasteiger partial charge in [0.25, 0.3) is 0 Å². The molecule has 4 nitrogen and oxygen atoms in total. The molecule has 5 heteroatoms. The lowest BCUT2D eigenvalue weighted by atomic mass is 9.71. The topological polar surface area (TPSA) is 45.5 Å². The number of piperidine rings is 1. The summed E-state index contributed by atoms with van der Waals surface area (Å²) in [5.74, 6) is -0.0488. The predicted molar refractivity (Wildman–Crippen MR) is 90.0 cm³/mol. The van der Waals surface area contributed by atoms with E-state index >= 15 is 0 Å². The maximum Gasteiger partial charge on any atom is 0.242 e. The number of aliphatic hydroxyl groups is 1. The molecule has 2 heterocycles. The van der Waals surface area contributed by atoms with Gasteiger partial charge in [-0.25, -0.2) is 4.39 Å². The largest absolute Gasteiger partial charge is 0.389 e. The number of hydrogen-bond donors (Lipinski definition) is 1. The summed E-state index contributed by atoms with van der Waals surface area (Å²) < 4.78 is 15.3. The minimum atomic E-state index is -0.571. The van der Waals surface area contributed by atoms with Crippen LogP contribution in [0.5, 0.6) is 0 Å². The third-order valence-corrected chi connectivity index (χ3v) is 5.82. The van der Waals surface area contributed by atoms with Crippen LogP contribution >= 0.6 is 0 Å². The van der Waals surface area contributed by atoms with Crippen LogP contribution in [0.2, 0.25) is 0 Å². The third kappa shape index (κ3) is 2.71. The van der Waals surface area contributed by atoms with Crippen molar-refractivity contribution in [3.63, 3.8) is 0 Å². The Morgan fingerprint density at radius 2 is 2.17 bits per heavy atom. The van der Waals surface area contributed by atoms with Crippen LogP contribution in [0.25, 0.3) is 10.9 Å². The van der Waals surface area contributed by atoms with Gasteiger partial charge in [-0.2, -0.15) is 0 Å². The molecule has 0 radical (unpaired) electrons. The molecule has 0 spiro atoms. The minimum Gasteiger partial charge on any atom is -0.389 e. The molecule has 1 aliphatic carbocycles. The fraction of sp³-hybridized carbons (Fsp3) is 0.526. The van der Waals surface area contributed by atoms with Crippen molar-refractivity contribution in [1.82, 2.24) is 9.47 Å². The molecule has 128 valence electrons. The van der Waals surface area contributed by atoms with Gasteiger partial charge in [-0.05, 0) is 48.9 Å². The fourth-order valence-corrected chi connectivity index (χ4v) is 4.34. The monoisotopic (exact) mass is 330 g/mol. The number of benzene rings is 1. The molecule has 2 aliphatic rings. The summed E-state index contributed by atoms with van der Waals surface area (Å²) in [5.41, 5.74) is 0.174. The van der Waals surface area contributed by atoms with Gasteiger partial charge in [-0.15, -0.1) is 0 Å². The van der Waals surface area contributed by atoms with Crippen molar-refractivity contribution in [3.05, 3.63) is 36.3 Å². The van der Waals surface area contributed by atoms with Crippen molar-refractivity contribution >= 4 is 16.8 Å². The van der Waals surface area contributed by atoms with Crippen molar-refractivity contribution in [2.75, 3.05) is 13.1 Å². The van der Waals surface area contributed by atoms with E-state index < -0.39 is 5.60 Å². The molecule has 2 fully saturated rings. The lowest BCUT2D eigenvalue weighted by Crippen LogP contribution is -2.55. The summed E-state index contributed by atoms with van der Waals surface area (Å²) in [6, 6.07) is 6.54. The molecule has 24 heavy (non-hydrogen) atoms. The maximum absolute atomic E-state index is 13.5. The van der Waals surface area contributed by atoms with E-state index in [-0.39, 0.29) is 24.2 Å². The second-order valence-electron chi connectivity index (χ2n) is 7.28. The van der Waals surface area contributed by atoms with Crippen molar-refractivity contribution in [3.8, 4) is 0 Å². The molecule has 1 aromatic heterocycles. The summed E-state index contributed by atoms with van der Waals surface area (Å²) in [7, 11) is 0. The number of halogens is 1. The number of amides is 1. The zero-order valence-electron chi connectivity index (χ0n) is 13.7. The predicted octanol–water partition coefficient (Wildman–Crippen LogP) is 2.93. The standard InChI is InChI=1S/C19H23FN2O2/c20-16-5-4-14-6-9-21(17(14)11-16)13-18(23)22-10-8-19(24)7-2-1-3-15(19)12-22/h4-6,9,11,15,24H,1-3,7-8,10,12-13H2/t15-,19+/m0/s1. The Kier molecular flexibility index (Phi) is 3.83. The van der Waals surface area contributed by atoms with Gasteiger partial charge in [0.15, 0.2) is 0 Å². The molecule has 0 bridgehead atoms. The average Bonchev–Trinajstić information content (AvgIpc) is 2.96. The Morgan fingerprint density at radius 1 is 1.29 bits per heavy atom. The molecule has 4 rings (SSSR count). The Labute approximate surface area is 140 Å². The van der Waals surface area contributed by atoms with Crippen LogP contribution in [0, 0.1) is 11.7 Å². The Balaban J connectivity index is 1.49. The molecule has 1 saturated carbocycles. The number of carbonyl (C=O) groups excluding carboxylic acids is 1. The second kappa shape index (κ2) is 5.88. The lowest BCUT2D eigenvalue weighted by Gasteiger charge is -2.47. The number of fused-ring (bicyclic) bond motifs is 2. The number of rotatable bonds is 2. The molecular formula is C19H23FN2O2. The Bertz CT molecular complexity index is 772. The number of likely N-dealkylation sites (tertiary alicyclic amines) is 1. The van der Waals surface area contributed by atoms with E-state index in [1.807, 2.05) is 21.7 Å². The van der Waals surface area contributed by atoms with Crippen LogP contribution in [0.3, 0.4) is 0 Å². The molecule has 0 unspecified atom stereocenters. The van der Waals surface area contributed by atoms with Crippen molar-refractivity contribution in [1.29, 1.82) is 0 Å². The maximum atomic E-state index is 13.5. The first-order chi connectivity index (χ1) is 11.5. The second-order valence-corrected chi connectivity index (χ2v) is 7.28. The SMILES string of the molecule is O=C(Cn1ccc2ccc(F)cc21)N1CC[C@]2(O)CCCC[C@H]2C1. The van der Waals surface area contributed by atoms with E-state index in [1.54, 1.807) is 6.07 Å². The van der Waals surface area contributed by atoms with Gasteiger partial charge in [0, 0.05) is 25.2 Å². The summed E-state index contributed by atoms with van der Waals surface area (Å²) in [5, 5.41) is 11.7. The van der Waals surface area contributed by atoms with Crippen LogP contribution in [-0.2, 0) is 11.3 Å². The third-order valence-electron chi connectivity index (χ3n) is 5.82. The number of hydrogen-bond acceptors (Lipinski definition) is 2. The van der Waals surface area contributed by atoms with Crippen LogP contribution in [0.1, 0.15) is 32.1 Å². The molecular weight excluding hydrogens is 307 g/mol. The van der Waals surface area contributed by atoms with Gasteiger partial charge >= 0.3 is 0 Å². The van der Waals surface area contributed by atoms with Gasteiger partial charge in [-0.1, -0.05) is 12.8 Å². The van der Waals surface area contributed by atoms with Gasteiger partial charge in [-0.3, -0.25) is 4.79 Å². The molecule has 1 N–H and O–H groups in total. The van der Waals surface area contributed by atoms with Gasteiger partial charge < -0.3 is 14.6 Å². The smallest absolute Gasteiger partial charge is 0.242 e. The van der Waals surface area contributed by atoms with E-state index in [4.69, 9.17) is 0 Å². The van der Waals surface area contributed by atoms with E-state index in [0.717, 1.165) is 36.6 Å². The highest BCUT2D eigenvalue weighted by atomic mass is 19.1. The molecule has 1 saturated heterocycles. The lowest BCUT2D eigenvalue weighted by molar-refractivity contribution is -0.143. The van der Waals surface area contributed by atoms with E-state index in [2.05, 4.69) is 0 Å². The molecule has 1 amide bonds. The van der Waals surface area contributed by atoms with E-state index in [9.17, 15) is 14.3 Å². The number of aromatic nitrogens is 1. The first-order valence-corrected chi connectivity index (χ1v) is 8.80. The highest BCUT2D eigenvalue weighted by Crippen LogP contribution is 2.39. The summed E-state index contributed by atoms with van der Waals surface area (Å²) in [4.78, 5) is 14.6. The number of nitrogens with zero attached hydrogens (tertiary/aromatic N) is 2. The van der Waals surface area contributed by atoms with Crippen LogP contribution in [0.15, 0.2) is 30.5 Å². The zero-order chi connectivity index (χ0) is 16.7. The molecule has 2 aromatic rings. The Morgan fingerprint density at radius 3 is 3.04 bits per heavy atom. The highest BCUT2D eigenvalue weighted by molar-refractivity contribution is 5.83. The fourth-order valence-electron chi connectivity index (χ4n) is 4.34. The number of carbonyl (C=O) groups is 1. The first kappa shape index (κ1) is 15.6. The highest BCUT2D eigenvalue weighted by Gasteiger charge is 2.43. The first-order valence-electron chi connectivity index (χ1n) is 8.80. The van der Waals surface area contributed by atoms with E-state index in [1.165, 1.54) is 12.1 Å². The minimum absolute atomic E-state index is 0.0457. The van der Waals surface area contributed by atoms with Crippen LogP contribution < -0.4 is 0 Å². The van der Waals surface area contributed by atoms with Crippen molar-refractivity contribution in [2.24, 2.45) is 5.92 Å². The van der Waals surface area contributed by atoms with Gasteiger partial charge in [0.1, 0.15) is 12.4 Å². The van der Waals surface area contributed by atoms with Crippen LogP contribution in [0.4, 0.5) is 4.39 Å². The quantitative estimate of drug-likeness (QED) is 0.920. The van der Waals surface area contributed by atoms with Gasteiger partial charge in [0.2, 0.25) is 5.91 Å². The summed E-state index contributed by atoms with van der Waals surface area (Å²) in [6.07, 6.45) is 6.59. The van der Waals surface area contributed by atoms with Gasteiger partial charge in [0.05, 0.1) is 11.1 Å². The average molecular weight is 330 g/mol. The molecule has 1 aliphatic heterocycles. The normalized spacial score (nSPS) is 27.2. The van der Waals surface area contributed by atoms with E-state index in [0.29, 0.717) is 19.5 Å².